The Morgan fingerprint density at radius 1 is 1.38 bits per heavy atom. The van der Waals surface area contributed by atoms with E-state index in [0.29, 0.717) is 6.42 Å². The molecule has 2 rings (SSSR count). The summed E-state index contributed by atoms with van der Waals surface area (Å²) in [5.74, 6) is 2.87. The van der Waals surface area contributed by atoms with E-state index in [1.807, 2.05) is 24.9 Å². The minimum absolute atomic E-state index is 0.00799. The molecule has 1 N–H and O–H groups in total. The van der Waals surface area contributed by atoms with Gasteiger partial charge in [0.15, 0.2) is 9.84 Å². The lowest BCUT2D eigenvalue weighted by molar-refractivity contribution is 0.600. The predicted octanol–water partition coefficient (Wildman–Crippen LogP) is 1.48. The highest BCUT2D eigenvalue weighted by Crippen LogP contribution is 2.23. The van der Waals surface area contributed by atoms with E-state index in [9.17, 15) is 8.42 Å². The number of hydrogen-bond acceptors (Lipinski definition) is 6. The molecular weight excluding hydrogens is 288 g/mol. The molecule has 6 nitrogen and oxygen atoms in total. The lowest BCUT2D eigenvalue weighted by Gasteiger charge is -2.25. The summed E-state index contributed by atoms with van der Waals surface area (Å²) in [6, 6.07) is 1.91. The molecule has 0 amide bonds. The molecule has 0 aliphatic carbocycles. The first-order valence-corrected chi connectivity index (χ1v) is 9.32. The van der Waals surface area contributed by atoms with Crippen LogP contribution in [0.2, 0.25) is 0 Å². The van der Waals surface area contributed by atoms with Gasteiger partial charge in [-0.1, -0.05) is 13.8 Å². The molecule has 1 aromatic rings. The van der Waals surface area contributed by atoms with Gasteiger partial charge in [0.1, 0.15) is 17.5 Å². The Hall–Kier alpha value is -1.37. The van der Waals surface area contributed by atoms with E-state index < -0.39 is 9.84 Å². The first-order chi connectivity index (χ1) is 9.95. The summed E-state index contributed by atoms with van der Waals surface area (Å²) in [4.78, 5) is 11.0. The molecule has 1 aromatic heterocycles. The number of anilines is 2. The van der Waals surface area contributed by atoms with Crippen molar-refractivity contribution in [2.75, 3.05) is 35.3 Å². The SMILES string of the molecule is CCCNc1cc(N(C)C2CCS(=O)(=O)C2)nc(CC)n1. The average molecular weight is 312 g/mol. The highest BCUT2D eigenvalue weighted by molar-refractivity contribution is 7.91. The molecule has 1 atom stereocenters. The van der Waals surface area contributed by atoms with Gasteiger partial charge in [0.25, 0.3) is 0 Å². The van der Waals surface area contributed by atoms with Crippen molar-refractivity contribution in [1.29, 1.82) is 0 Å². The zero-order valence-electron chi connectivity index (χ0n) is 13.0. The van der Waals surface area contributed by atoms with E-state index in [1.165, 1.54) is 0 Å². The normalized spacial score (nSPS) is 20.4. The van der Waals surface area contributed by atoms with Crippen LogP contribution in [-0.4, -0.2) is 49.5 Å². The van der Waals surface area contributed by atoms with Gasteiger partial charge in [0.2, 0.25) is 0 Å². The molecule has 1 aliphatic heterocycles. The van der Waals surface area contributed by atoms with Gasteiger partial charge in [-0.3, -0.25) is 0 Å². The number of aryl methyl sites for hydroxylation is 1. The summed E-state index contributed by atoms with van der Waals surface area (Å²) in [7, 11) is -0.976. The van der Waals surface area contributed by atoms with E-state index in [1.54, 1.807) is 0 Å². The zero-order valence-corrected chi connectivity index (χ0v) is 13.8. The van der Waals surface area contributed by atoms with Gasteiger partial charge in [-0.15, -0.1) is 0 Å². The number of rotatable bonds is 6. The molecular formula is C14H24N4O2S. The van der Waals surface area contributed by atoms with Gasteiger partial charge in [0.05, 0.1) is 11.5 Å². The minimum Gasteiger partial charge on any atom is -0.370 e. The summed E-state index contributed by atoms with van der Waals surface area (Å²) in [5.41, 5.74) is 0. The first kappa shape index (κ1) is 16.0. The van der Waals surface area contributed by atoms with Crippen molar-refractivity contribution < 1.29 is 8.42 Å². The van der Waals surface area contributed by atoms with Crippen LogP contribution in [0.4, 0.5) is 11.6 Å². The molecule has 0 spiro atoms. The molecule has 0 radical (unpaired) electrons. The number of aromatic nitrogens is 2. The summed E-state index contributed by atoms with van der Waals surface area (Å²) >= 11 is 0. The average Bonchev–Trinajstić information content (AvgIpc) is 2.84. The molecule has 1 unspecified atom stereocenters. The van der Waals surface area contributed by atoms with Gasteiger partial charge >= 0.3 is 0 Å². The fourth-order valence-corrected chi connectivity index (χ4v) is 4.21. The van der Waals surface area contributed by atoms with Crippen molar-refractivity contribution in [3.63, 3.8) is 0 Å². The van der Waals surface area contributed by atoms with Crippen LogP contribution < -0.4 is 10.2 Å². The van der Waals surface area contributed by atoms with Crippen molar-refractivity contribution >= 4 is 21.5 Å². The van der Waals surface area contributed by atoms with Crippen LogP contribution in [-0.2, 0) is 16.3 Å². The Balaban J connectivity index is 2.21. The Kier molecular flexibility index (Phi) is 5.03. The second-order valence-corrected chi connectivity index (χ2v) is 7.70. The van der Waals surface area contributed by atoms with Gasteiger partial charge in [0, 0.05) is 32.1 Å². The van der Waals surface area contributed by atoms with Crippen LogP contribution in [0, 0.1) is 0 Å². The third kappa shape index (κ3) is 4.06. The van der Waals surface area contributed by atoms with Crippen molar-refractivity contribution in [3.8, 4) is 0 Å². The second kappa shape index (κ2) is 6.60. The molecule has 0 saturated carbocycles. The lowest BCUT2D eigenvalue weighted by Crippen LogP contribution is -2.33. The minimum atomic E-state index is -2.89. The maximum atomic E-state index is 11.6. The van der Waals surface area contributed by atoms with Crippen LogP contribution in [0.25, 0.3) is 0 Å². The largest absolute Gasteiger partial charge is 0.370 e. The van der Waals surface area contributed by atoms with Crippen LogP contribution in [0.15, 0.2) is 6.07 Å². The quantitative estimate of drug-likeness (QED) is 0.857. The number of hydrogen-bond donors (Lipinski definition) is 1. The molecule has 7 heteroatoms. The smallest absolute Gasteiger partial charge is 0.152 e. The van der Waals surface area contributed by atoms with Gasteiger partial charge in [-0.2, -0.15) is 0 Å². The standard InChI is InChI=1S/C14H24N4O2S/c1-4-7-15-13-9-14(17-12(5-2)16-13)18(3)11-6-8-21(19,20)10-11/h9,11H,4-8,10H2,1-3H3,(H,15,16,17). The summed E-state index contributed by atoms with van der Waals surface area (Å²) in [5, 5.41) is 3.28. The van der Waals surface area contributed by atoms with E-state index in [0.717, 1.165) is 36.8 Å². The lowest BCUT2D eigenvalue weighted by atomic mass is 10.2. The first-order valence-electron chi connectivity index (χ1n) is 7.50. The van der Waals surface area contributed by atoms with Crippen LogP contribution in [0.1, 0.15) is 32.5 Å². The van der Waals surface area contributed by atoms with E-state index in [-0.39, 0.29) is 17.5 Å². The molecule has 1 aliphatic rings. The highest BCUT2D eigenvalue weighted by atomic mass is 32.2. The Morgan fingerprint density at radius 2 is 2.14 bits per heavy atom. The topological polar surface area (TPSA) is 75.2 Å². The molecule has 0 aromatic carbocycles. The maximum Gasteiger partial charge on any atom is 0.152 e. The number of nitrogens with zero attached hydrogens (tertiary/aromatic N) is 3. The summed E-state index contributed by atoms with van der Waals surface area (Å²) in [6.45, 7) is 4.98. The predicted molar refractivity (Wildman–Crippen MR) is 85.7 cm³/mol. The molecule has 118 valence electrons. The van der Waals surface area contributed by atoms with Crippen LogP contribution in [0.3, 0.4) is 0 Å². The maximum absolute atomic E-state index is 11.6. The Bertz CT molecular complexity index is 589. The second-order valence-electron chi connectivity index (χ2n) is 5.48. The molecule has 2 heterocycles. The summed E-state index contributed by atoms with van der Waals surface area (Å²) < 4.78 is 23.3. The van der Waals surface area contributed by atoms with Crippen molar-refractivity contribution in [2.24, 2.45) is 0 Å². The van der Waals surface area contributed by atoms with Crippen LogP contribution in [0.5, 0.6) is 0 Å². The van der Waals surface area contributed by atoms with E-state index in [4.69, 9.17) is 0 Å². The molecule has 1 fully saturated rings. The Morgan fingerprint density at radius 3 is 2.71 bits per heavy atom. The van der Waals surface area contributed by atoms with E-state index >= 15 is 0 Å². The van der Waals surface area contributed by atoms with Crippen molar-refractivity contribution in [2.45, 2.75) is 39.2 Å². The monoisotopic (exact) mass is 312 g/mol. The molecule has 21 heavy (non-hydrogen) atoms. The zero-order chi connectivity index (χ0) is 15.5. The van der Waals surface area contributed by atoms with Crippen LogP contribution >= 0.6 is 0 Å². The van der Waals surface area contributed by atoms with Gasteiger partial charge in [-0.05, 0) is 12.8 Å². The molecule has 1 saturated heterocycles. The highest BCUT2D eigenvalue weighted by Gasteiger charge is 2.31. The van der Waals surface area contributed by atoms with Crippen molar-refractivity contribution in [3.05, 3.63) is 11.9 Å². The Labute approximate surface area is 126 Å². The van der Waals surface area contributed by atoms with Gasteiger partial charge < -0.3 is 10.2 Å². The van der Waals surface area contributed by atoms with Gasteiger partial charge in [-0.25, -0.2) is 18.4 Å². The fourth-order valence-electron chi connectivity index (χ4n) is 2.43. The number of sulfone groups is 1. The third-order valence-corrected chi connectivity index (χ3v) is 5.50. The van der Waals surface area contributed by atoms with Crippen molar-refractivity contribution in [1.82, 2.24) is 9.97 Å². The summed E-state index contributed by atoms with van der Waals surface area (Å²) in [6.07, 6.45) is 2.45. The fraction of sp³-hybridized carbons (Fsp3) is 0.714. The van der Waals surface area contributed by atoms with E-state index in [2.05, 4.69) is 22.2 Å². The number of nitrogens with one attached hydrogen (secondary N) is 1. The molecule has 0 bridgehead atoms. The third-order valence-electron chi connectivity index (χ3n) is 3.75.